The lowest BCUT2D eigenvalue weighted by Crippen LogP contribution is -2.52. The van der Waals surface area contributed by atoms with Crippen LogP contribution in [0.4, 0.5) is 5.95 Å². The second kappa shape index (κ2) is 5.45. The van der Waals surface area contributed by atoms with E-state index in [9.17, 15) is 0 Å². The van der Waals surface area contributed by atoms with Crippen molar-refractivity contribution in [1.82, 2.24) is 14.9 Å². The van der Waals surface area contributed by atoms with Gasteiger partial charge in [0, 0.05) is 38.1 Å². The van der Waals surface area contributed by atoms with E-state index in [4.69, 9.17) is 0 Å². The van der Waals surface area contributed by atoms with E-state index in [0.717, 1.165) is 32.1 Å². The van der Waals surface area contributed by atoms with Crippen LogP contribution < -0.4 is 4.90 Å². The third-order valence-corrected chi connectivity index (χ3v) is 3.92. The maximum absolute atomic E-state index is 4.57. The highest BCUT2D eigenvalue weighted by Gasteiger charge is 2.25. The highest BCUT2D eigenvalue weighted by molar-refractivity contribution is 5.33. The predicted octanol–water partition coefficient (Wildman–Crippen LogP) is 2.30. The molecule has 2 heterocycles. The minimum absolute atomic E-state index is 0.116. The third-order valence-electron chi connectivity index (χ3n) is 3.92. The first-order valence-corrected chi connectivity index (χ1v) is 7.23. The SMILES string of the molecule is CCN1CCN(c2ncc(C(C)(C)C)cn2)C(C)C1. The molecular weight excluding hydrogens is 236 g/mol. The highest BCUT2D eigenvalue weighted by atomic mass is 15.3. The van der Waals surface area contributed by atoms with E-state index in [2.05, 4.69) is 54.4 Å². The molecule has 1 unspecified atom stereocenters. The van der Waals surface area contributed by atoms with E-state index in [1.807, 2.05) is 12.4 Å². The number of aromatic nitrogens is 2. The van der Waals surface area contributed by atoms with Crippen LogP contribution >= 0.6 is 0 Å². The van der Waals surface area contributed by atoms with E-state index < -0.39 is 0 Å². The molecule has 1 atom stereocenters. The number of piperazine rings is 1. The fraction of sp³-hybridized carbons (Fsp3) is 0.733. The number of likely N-dealkylation sites (N-methyl/N-ethyl adjacent to an activating group) is 1. The Bertz CT molecular complexity index is 407. The Hall–Kier alpha value is -1.16. The van der Waals surface area contributed by atoms with Crippen LogP contribution in [0.1, 0.15) is 40.2 Å². The van der Waals surface area contributed by atoms with Gasteiger partial charge in [0.2, 0.25) is 5.95 Å². The smallest absolute Gasteiger partial charge is 0.225 e. The summed E-state index contributed by atoms with van der Waals surface area (Å²) in [5.74, 6) is 0.872. The lowest BCUT2D eigenvalue weighted by molar-refractivity contribution is 0.238. The molecule has 106 valence electrons. The minimum atomic E-state index is 0.116. The summed E-state index contributed by atoms with van der Waals surface area (Å²) >= 11 is 0. The first-order chi connectivity index (χ1) is 8.91. The van der Waals surface area contributed by atoms with Crippen molar-refractivity contribution in [3.63, 3.8) is 0 Å². The van der Waals surface area contributed by atoms with Crippen molar-refractivity contribution < 1.29 is 0 Å². The maximum atomic E-state index is 4.57. The Kier molecular flexibility index (Phi) is 4.09. The van der Waals surface area contributed by atoms with Crippen LogP contribution in [0.25, 0.3) is 0 Å². The summed E-state index contributed by atoms with van der Waals surface area (Å²) < 4.78 is 0. The van der Waals surface area contributed by atoms with Crippen LogP contribution in [-0.2, 0) is 5.41 Å². The molecule has 0 bridgehead atoms. The largest absolute Gasteiger partial charge is 0.336 e. The lowest BCUT2D eigenvalue weighted by atomic mass is 9.89. The number of hydrogen-bond acceptors (Lipinski definition) is 4. The minimum Gasteiger partial charge on any atom is -0.336 e. The number of hydrogen-bond donors (Lipinski definition) is 0. The van der Waals surface area contributed by atoms with E-state index in [-0.39, 0.29) is 5.41 Å². The number of nitrogens with zero attached hydrogens (tertiary/aromatic N) is 4. The van der Waals surface area contributed by atoms with Gasteiger partial charge in [-0.2, -0.15) is 0 Å². The zero-order chi connectivity index (χ0) is 14.0. The predicted molar refractivity (Wildman–Crippen MR) is 79.7 cm³/mol. The van der Waals surface area contributed by atoms with Crippen molar-refractivity contribution in [2.24, 2.45) is 0 Å². The monoisotopic (exact) mass is 262 g/mol. The molecule has 1 aromatic rings. The Morgan fingerprint density at radius 1 is 1.21 bits per heavy atom. The summed E-state index contributed by atoms with van der Waals surface area (Å²) in [4.78, 5) is 13.9. The Morgan fingerprint density at radius 3 is 2.32 bits per heavy atom. The van der Waals surface area contributed by atoms with Gasteiger partial charge in [-0.3, -0.25) is 4.90 Å². The van der Waals surface area contributed by atoms with Gasteiger partial charge in [-0.1, -0.05) is 27.7 Å². The van der Waals surface area contributed by atoms with Gasteiger partial charge in [-0.15, -0.1) is 0 Å². The summed E-state index contributed by atoms with van der Waals surface area (Å²) in [5, 5.41) is 0. The van der Waals surface area contributed by atoms with Crippen molar-refractivity contribution >= 4 is 5.95 Å². The van der Waals surface area contributed by atoms with Crippen molar-refractivity contribution in [1.29, 1.82) is 0 Å². The van der Waals surface area contributed by atoms with Gasteiger partial charge >= 0.3 is 0 Å². The lowest BCUT2D eigenvalue weighted by Gasteiger charge is -2.39. The standard InChI is InChI=1S/C15H26N4/c1-6-18-7-8-19(12(2)11-18)14-16-9-13(10-17-14)15(3,4)5/h9-10,12H,6-8,11H2,1-5H3. The molecule has 0 N–H and O–H groups in total. The summed E-state index contributed by atoms with van der Waals surface area (Å²) in [6.07, 6.45) is 3.95. The molecule has 2 rings (SSSR count). The quantitative estimate of drug-likeness (QED) is 0.818. The molecule has 19 heavy (non-hydrogen) atoms. The van der Waals surface area contributed by atoms with Crippen molar-refractivity contribution in [3.8, 4) is 0 Å². The molecule has 1 aliphatic rings. The van der Waals surface area contributed by atoms with Gasteiger partial charge in [0.05, 0.1) is 0 Å². The van der Waals surface area contributed by atoms with Crippen LogP contribution in [-0.4, -0.2) is 47.1 Å². The second-order valence-corrected chi connectivity index (χ2v) is 6.46. The molecule has 0 spiro atoms. The molecule has 1 aliphatic heterocycles. The van der Waals surface area contributed by atoms with E-state index >= 15 is 0 Å². The summed E-state index contributed by atoms with van der Waals surface area (Å²) in [6, 6.07) is 0.481. The molecule has 0 aliphatic carbocycles. The average molecular weight is 262 g/mol. The molecule has 1 fully saturated rings. The molecule has 1 saturated heterocycles. The Balaban J connectivity index is 2.10. The van der Waals surface area contributed by atoms with Crippen LogP contribution in [0.2, 0.25) is 0 Å². The van der Waals surface area contributed by atoms with Gasteiger partial charge in [0.25, 0.3) is 0 Å². The zero-order valence-corrected chi connectivity index (χ0v) is 12.8. The molecule has 0 amide bonds. The fourth-order valence-electron chi connectivity index (χ4n) is 2.47. The summed E-state index contributed by atoms with van der Waals surface area (Å²) in [6.45, 7) is 15.4. The van der Waals surface area contributed by atoms with Gasteiger partial charge in [-0.05, 0) is 24.4 Å². The van der Waals surface area contributed by atoms with Gasteiger partial charge in [0.1, 0.15) is 0 Å². The molecular formula is C15H26N4. The zero-order valence-electron chi connectivity index (χ0n) is 12.8. The van der Waals surface area contributed by atoms with E-state index in [1.54, 1.807) is 0 Å². The molecule has 0 radical (unpaired) electrons. The van der Waals surface area contributed by atoms with Crippen LogP contribution in [0.3, 0.4) is 0 Å². The van der Waals surface area contributed by atoms with Crippen molar-refractivity contribution in [2.45, 2.75) is 46.1 Å². The first kappa shape index (κ1) is 14.3. The third kappa shape index (κ3) is 3.24. The maximum Gasteiger partial charge on any atom is 0.225 e. The molecule has 0 aromatic carbocycles. The summed E-state index contributed by atoms with van der Waals surface area (Å²) in [7, 11) is 0. The van der Waals surface area contributed by atoms with Gasteiger partial charge in [0.15, 0.2) is 0 Å². The van der Waals surface area contributed by atoms with Crippen molar-refractivity contribution in [3.05, 3.63) is 18.0 Å². The van der Waals surface area contributed by atoms with Crippen LogP contribution in [0.15, 0.2) is 12.4 Å². The molecule has 1 aromatic heterocycles. The number of rotatable bonds is 2. The number of anilines is 1. The molecule has 4 nitrogen and oxygen atoms in total. The topological polar surface area (TPSA) is 32.3 Å². The normalized spacial score (nSPS) is 21.7. The van der Waals surface area contributed by atoms with Crippen molar-refractivity contribution in [2.75, 3.05) is 31.1 Å². The van der Waals surface area contributed by atoms with Crippen LogP contribution in [0.5, 0.6) is 0 Å². The first-order valence-electron chi connectivity index (χ1n) is 7.23. The molecule has 4 heteroatoms. The van der Waals surface area contributed by atoms with Gasteiger partial charge in [-0.25, -0.2) is 9.97 Å². The highest BCUT2D eigenvalue weighted by Crippen LogP contribution is 2.22. The average Bonchev–Trinajstić information content (AvgIpc) is 2.37. The Morgan fingerprint density at radius 2 is 1.84 bits per heavy atom. The fourth-order valence-corrected chi connectivity index (χ4v) is 2.47. The second-order valence-electron chi connectivity index (χ2n) is 6.46. The molecule has 0 saturated carbocycles. The summed E-state index contributed by atoms with van der Waals surface area (Å²) in [5.41, 5.74) is 1.31. The van der Waals surface area contributed by atoms with Gasteiger partial charge < -0.3 is 4.90 Å². The van der Waals surface area contributed by atoms with Crippen LogP contribution in [0, 0.1) is 0 Å². The van der Waals surface area contributed by atoms with E-state index in [0.29, 0.717) is 6.04 Å². The van der Waals surface area contributed by atoms with E-state index in [1.165, 1.54) is 5.56 Å². The Labute approximate surface area is 116 Å².